The van der Waals surface area contributed by atoms with E-state index in [0.29, 0.717) is 23.9 Å². The van der Waals surface area contributed by atoms with E-state index in [4.69, 9.17) is 9.72 Å². The molecular weight excluding hydrogens is 490 g/mol. The summed E-state index contributed by atoms with van der Waals surface area (Å²) in [5.74, 6) is 0.947. The Morgan fingerprint density at radius 1 is 1.23 bits per heavy atom. The van der Waals surface area contributed by atoms with Crippen LogP contribution in [0, 0.1) is 0 Å². The van der Waals surface area contributed by atoms with Crippen LogP contribution in [0.1, 0.15) is 12.1 Å². The van der Waals surface area contributed by atoms with Gasteiger partial charge in [-0.3, -0.25) is 9.69 Å². The van der Waals surface area contributed by atoms with Gasteiger partial charge in [-0.25, -0.2) is 9.97 Å². The maximum absolute atomic E-state index is 13.0. The van der Waals surface area contributed by atoms with E-state index in [-0.39, 0.29) is 12.1 Å². The summed E-state index contributed by atoms with van der Waals surface area (Å²) in [6, 6.07) is 14.4. The molecule has 4 aromatic rings. The molecule has 1 amide bonds. The zero-order valence-corrected chi connectivity index (χ0v) is 22.8. The molecule has 0 spiro atoms. The number of carbonyl (C=O) groups is 1. The quantitative estimate of drug-likeness (QED) is 0.353. The van der Waals surface area contributed by atoms with Crippen molar-refractivity contribution in [2.45, 2.75) is 25.6 Å². The Hall–Kier alpha value is -4.37. The van der Waals surface area contributed by atoms with E-state index in [0.717, 1.165) is 36.5 Å². The van der Waals surface area contributed by atoms with E-state index in [1.165, 1.54) is 28.2 Å². The van der Waals surface area contributed by atoms with Crippen molar-refractivity contribution in [3.63, 3.8) is 0 Å². The van der Waals surface area contributed by atoms with Crippen LogP contribution in [-0.2, 0) is 17.8 Å². The Bertz CT molecular complexity index is 1590. The number of aromatic nitrogens is 3. The van der Waals surface area contributed by atoms with Crippen molar-refractivity contribution < 1.29 is 9.53 Å². The van der Waals surface area contributed by atoms with E-state index in [1.807, 2.05) is 39.3 Å². The van der Waals surface area contributed by atoms with Gasteiger partial charge in [0.15, 0.2) is 0 Å². The second kappa shape index (κ2) is 9.74. The molecule has 0 saturated carbocycles. The first-order valence-electron chi connectivity index (χ1n) is 13.2. The number of para-hydroxylation sites is 1. The molecule has 1 unspecified atom stereocenters. The first-order valence-corrected chi connectivity index (χ1v) is 13.2. The second-order valence-corrected chi connectivity index (χ2v) is 10.3. The van der Waals surface area contributed by atoms with Gasteiger partial charge >= 0.3 is 0 Å². The number of methoxy groups -OCH3 is 1. The molecule has 2 aromatic heterocycles. The summed E-state index contributed by atoms with van der Waals surface area (Å²) in [6.45, 7) is 5.43. The number of likely N-dealkylation sites (N-methyl/N-ethyl adjacent to an activating group) is 2. The van der Waals surface area contributed by atoms with E-state index in [2.05, 4.69) is 55.5 Å². The fourth-order valence-electron chi connectivity index (χ4n) is 5.93. The Kier molecular flexibility index (Phi) is 6.23. The Balaban J connectivity index is 1.40. The van der Waals surface area contributed by atoms with Gasteiger partial charge < -0.3 is 24.4 Å². The highest BCUT2D eigenvalue weighted by Gasteiger charge is 2.38. The van der Waals surface area contributed by atoms with Gasteiger partial charge in [-0.1, -0.05) is 24.8 Å². The summed E-state index contributed by atoms with van der Waals surface area (Å²) in [5.41, 5.74) is 7.00. The van der Waals surface area contributed by atoms with Crippen molar-refractivity contribution in [2.24, 2.45) is 0 Å². The third-order valence-electron chi connectivity index (χ3n) is 7.65. The van der Waals surface area contributed by atoms with Crippen LogP contribution in [0.3, 0.4) is 0 Å². The number of benzene rings is 2. The van der Waals surface area contributed by atoms with Gasteiger partial charge in [0.05, 0.1) is 29.9 Å². The number of nitrogens with one attached hydrogen (secondary N) is 1. The minimum atomic E-state index is -0.176. The third kappa shape index (κ3) is 4.10. The van der Waals surface area contributed by atoms with Crippen molar-refractivity contribution in [2.75, 3.05) is 49.9 Å². The van der Waals surface area contributed by atoms with Crippen LogP contribution in [0.4, 0.5) is 23.0 Å². The summed E-state index contributed by atoms with van der Waals surface area (Å²) in [5, 5.41) is 4.58. The molecule has 2 aliphatic rings. The normalized spacial score (nSPS) is 16.1. The molecule has 200 valence electrons. The van der Waals surface area contributed by atoms with Crippen LogP contribution >= 0.6 is 0 Å². The average molecular weight is 524 g/mol. The Morgan fingerprint density at radius 3 is 2.82 bits per heavy atom. The van der Waals surface area contributed by atoms with Crippen LogP contribution in [0.25, 0.3) is 22.2 Å². The highest BCUT2D eigenvalue weighted by molar-refractivity contribution is 6.07. The molecule has 0 radical (unpaired) electrons. The molecule has 0 saturated heterocycles. The number of hydrogen-bond donors (Lipinski definition) is 1. The molecule has 9 heteroatoms. The molecule has 39 heavy (non-hydrogen) atoms. The maximum atomic E-state index is 13.0. The van der Waals surface area contributed by atoms with Gasteiger partial charge in [0.25, 0.3) is 5.91 Å². The number of hydrogen-bond acceptors (Lipinski definition) is 7. The highest BCUT2D eigenvalue weighted by Crippen LogP contribution is 2.46. The summed E-state index contributed by atoms with van der Waals surface area (Å²) in [6.07, 6.45) is 5.14. The first kappa shape index (κ1) is 24.9. The summed E-state index contributed by atoms with van der Waals surface area (Å²) in [7, 11) is 7.62. The molecule has 1 N–H and O–H groups in total. The van der Waals surface area contributed by atoms with Crippen LogP contribution in [0.5, 0.6) is 5.75 Å². The molecule has 2 aliphatic heterocycles. The standard InChI is InChI=1S/C30H33N7O2/c1-6-28(38)37-25-16-21(26(39-5)17-24(25)35(4)27(37)18-34(2)3)33-30-31-14-13-20(32-30)29-19-10-7-8-11-22(19)36-15-9-12-23(29)36/h6-8,10-11,13-14,16-17,27H,1,9,12,15,18H2,2-5H3,(H,31,32,33). The third-order valence-corrected chi connectivity index (χ3v) is 7.65. The first-order chi connectivity index (χ1) is 18.9. The SMILES string of the molecule is C=CC(=O)N1c2cc(Nc3nccc(-c4c5n(c6ccccc46)CCC5)n3)c(OC)cc2N(C)C1CN(C)C. The fourth-order valence-corrected chi connectivity index (χ4v) is 5.93. The molecule has 9 nitrogen and oxygen atoms in total. The van der Waals surface area contributed by atoms with Gasteiger partial charge in [-0.15, -0.1) is 0 Å². The summed E-state index contributed by atoms with van der Waals surface area (Å²) >= 11 is 0. The number of anilines is 4. The van der Waals surface area contributed by atoms with E-state index >= 15 is 0 Å². The minimum Gasteiger partial charge on any atom is -0.494 e. The molecule has 2 aromatic carbocycles. The lowest BCUT2D eigenvalue weighted by molar-refractivity contribution is -0.114. The monoisotopic (exact) mass is 523 g/mol. The van der Waals surface area contributed by atoms with E-state index in [9.17, 15) is 4.79 Å². The van der Waals surface area contributed by atoms with Gasteiger partial charge in [0, 0.05) is 54.6 Å². The summed E-state index contributed by atoms with van der Waals surface area (Å²) in [4.78, 5) is 28.4. The van der Waals surface area contributed by atoms with E-state index in [1.54, 1.807) is 18.2 Å². The number of nitrogens with zero attached hydrogens (tertiary/aromatic N) is 6. The lowest BCUT2D eigenvalue weighted by Gasteiger charge is -2.30. The van der Waals surface area contributed by atoms with Crippen molar-refractivity contribution in [3.05, 3.63) is 67.0 Å². The number of aryl methyl sites for hydroxylation is 1. The largest absolute Gasteiger partial charge is 0.494 e. The number of rotatable bonds is 7. The maximum Gasteiger partial charge on any atom is 0.252 e. The van der Waals surface area contributed by atoms with Crippen LogP contribution < -0.4 is 19.9 Å². The predicted molar refractivity (Wildman–Crippen MR) is 156 cm³/mol. The molecule has 0 aliphatic carbocycles. The topological polar surface area (TPSA) is 78.8 Å². The van der Waals surface area contributed by atoms with E-state index < -0.39 is 0 Å². The number of ether oxygens (including phenoxy) is 1. The molecule has 0 bridgehead atoms. The lowest BCUT2D eigenvalue weighted by Crippen LogP contribution is -2.49. The molecule has 6 rings (SSSR count). The van der Waals surface area contributed by atoms with Crippen molar-refractivity contribution in [1.29, 1.82) is 0 Å². The molecule has 4 heterocycles. The zero-order chi connectivity index (χ0) is 27.3. The van der Waals surface area contributed by atoms with Crippen LogP contribution in [0.2, 0.25) is 0 Å². The zero-order valence-electron chi connectivity index (χ0n) is 22.8. The molecule has 1 atom stereocenters. The predicted octanol–water partition coefficient (Wildman–Crippen LogP) is 4.65. The van der Waals surface area contributed by atoms with Crippen LogP contribution in [-0.4, -0.2) is 66.3 Å². The summed E-state index contributed by atoms with van der Waals surface area (Å²) < 4.78 is 8.18. The smallest absolute Gasteiger partial charge is 0.252 e. The number of amides is 1. The average Bonchev–Trinajstić information content (AvgIpc) is 3.60. The fraction of sp³-hybridized carbons (Fsp3) is 0.300. The number of fused-ring (bicyclic) bond motifs is 4. The second-order valence-electron chi connectivity index (χ2n) is 10.3. The molecular formula is C30H33N7O2. The Labute approximate surface area is 228 Å². The van der Waals surface area contributed by atoms with Gasteiger partial charge in [0.2, 0.25) is 5.95 Å². The molecule has 0 fully saturated rings. The number of carbonyl (C=O) groups excluding carboxylic acids is 1. The van der Waals surface area contributed by atoms with Gasteiger partial charge in [-0.05, 0) is 51.2 Å². The Morgan fingerprint density at radius 2 is 2.05 bits per heavy atom. The highest BCUT2D eigenvalue weighted by atomic mass is 16.5. The van der Waals surface area contributed by atoms with Gasteiger partial charge in [0.1, 0.15) is 11.9 Å². The van der Waals surface area contributed by atoms with Crippen molar-refractivity contribution in [3.8, 4) is 17.0 Å². The van der Waals surface area contributed by atoms with Gasteiger partial charge in [-0.2, -0.15) is 0 Å². The van der Waals surface area contributed by atoms with Crippen molar-refractivity contribution in [1.82, 2.24) is 19.4 Å². The van der Waals surface area contributed by atoms with Crippen LogP contribution in [0.15, 0.2) is 61.3 Å². The lowest BCUT2D eigenvalue weighted by atomic mass is 10.1. The minimum absolute atomic E-state index is 0.156. The van der Waals surface area contributed by atoms with Crippen molar-refractivity contribution >= 4 is 39.8 Å².